The lowest BCUT2D eigenvalue weighted by molar-refractivity contribution is 0.0227. The number of rotatable bonds is 7. The van der Waals surface area contributed by atoms with Crippen molar-refractivity contribution in [2.45, 2.75) is 63.9 Å². The van der Waals surface area contributed by atoms with E-state index in [-0.39, 0.29) is 36.1 Å². The number of benzene rings is 1. The molecular weight excluding hydrogens is 503 g/mol. The van der Waals surface area contributed by atoms with Crippen LogP contribution < -0.4 is 4.74 Å². The maximum absolute atomic E-state index is 15.0. The van der Waals surface area contributed by atoms with Crippen LogP contribution in [0.3, 0.4) is 0 Å². The fourth-order valence-electron chi connectivity index (χ4n) is 3.83. The van der Waals surface area contributed by atoms with E-state index in [4.69, 9.17) is 9.16 Å². The van der Waals surface area contributed by atoms with Crippen molar-refractivity contribution >= 4 is 20.6 Å². The van der Waals surface area contributed by atoms with Gasteiger partial charge < -0.3 is 14.1 Å². The molecule has 0 aliphatic carbocycles. The van der Waals surface area contributed by atoms with Crippen molar-refractivity contribution in [2.75, 3.05) is 19.7 Å². The molecule has 1 saturated heterocycles. The van der Waals surface area contributed by atoms with E-state index in [1.54, 1.807) is 0 Å². The van der Waals surface area contributed by atoms with E-state index in [2.05, 4.69) is 55.3 Å². The summed E-state index contributed by atoms with van der Waals surface area (Å²) in [6.07, 6.45) is 4.09. The molecule has 0 N–H and O–H groups in total. The van der Waals surface area contributed by atoms with Crippen molar-refractivity contribution in [3.05, 3.63) is 53.2 Å². The number of carbonyl (C=O) groups excluding carboxylic acids is 1. The summed E-state index contributed by atoms with van der Waals surface area (Å²) < 4.78 is 54.1. The minimum absolute atomic E-state index is 0.0407. The Morgan fingerprint density at radius 2 is 1.81 bits per heavy atom. The second-order valence-electron chi connectivity index (χ2n) is 10.8. The fraction of sp³-hybridized carbons (Fsp3) is 0.520. The Balaban J connectivity index is 1.32. The number of hydrazone groups is 1. The second kappa shape index (κ2) is 10.4. The standard InChI is InChI=1S/C25H31F3N5O3Si/c1-25(2,3)37(4,5)35-9-7-20-22(28)23(30-15-29-20)36-19-13-32(14-19)24(34)33-21(6-8-31-33)16-10-17(26)12-18(27)11-16/h8,10-12,19,21H,6-7,9,13-14H2,1-5H3/t21-/m0/s1. The third-order valence-corrected chi connectivity index (χ3v) is 11.6. The Hall–Kier alpha value is -2.99. The molecule has 2 aliphatic heterocycles. The average Bonchev–Trinajstić information content (AvgIpc) is 3.26. The summed E-state index contributed by atoms with van der Waals surface area (Å²) in [6, 6.07) is 2.12. The first kappa shape index (κ1) is 27.1. The van der Waals surface area contributed by atoms with Gasteiger partial charge in [0.05, 0.1) is 24.8 Å². The Bertz CT molecular complexity index is 1160. The van der Waals surface area contributed by atoms with E-state index < -0.39 is 43.9 Å². The highest BCUT2D eigenvalue weighted by molar-refractivity contribution is 6.74. The van der Waals surface area contributed by atoms with E-state index in [1.807, 2.05) is 0 Å². The van der Waals surface area contributed by atoms with Crippen molar-refractivity contribution in [2.24, 2.45) is 5.10 Å². The van der Waals surface area contributed by atoms with Gasteiger partial charge in [-0.1, -0.05) is 20.8 Å². The van der Waals surface area contributed by atoms with Crippen LogP contribution in [0.15, 0.2) is 23.3 Å². The van der Waals surface area contributed by atoms with Crippen LogP contribution in [0.5, 0.6) is 5.88 Å². The highest BCUT2D eigenvalue weighted by Crippen LogP contribution is 2.36. The molecule has 1 aromatic carbocycles. The van der Waals surface area contributed by atoms with E-state index in [0.717, 1.165) is 6.07 Å². The molecule has 2 amide bonds. The average molecular weight is 535 g/mol. The van der Waals surface area contributed by atoms with E-state index >= 15 is 0 Å². The van der Waals surface area contributed by atoms with Crippen LogP contribution in [0.25, 0.3) is 0 Å². The number of nitrogens with zero attached hydrogens (tertiary/aromatic N) is 5. The molecule has 0 saturated carbocycles. The number of likely N-dealkylation sites (tertiary alicyclic amines) is 1. The van der Waals surface area contributed by atoms with Gasteiger partial charge in [0.25, 0.3) is 5.88 Å². The van der Waals surface area contributed by atoms with Gasteiger partial charge >= 0.3 is 6.03 Å². The van der Waals surface area contributed by atoms with E-state index in [9.17, 15) is 18.0 Å². The third-order valence-electron chi connectivity index (χ3n) is 7.08. The van der Waals surface area contributed by atoms with Crippen LogP contribution in [0.2, 0.25) is 18.1 Å². The highest BCUT2D eigenvalue weighted by Gasteiger charge is 2.40. The van der Waals surface area contributed by atoms with Gasteiger partial charge in [0.2, 0.25) is 12.1 Å². The van der Waals surface area contributed by atoms with Crippen LogP contribution >= 0.6 is 0 Å². The Morgan fingerprint density at radius 3 is 2.46 bits per heavy atom. The van der Waals surface area contributed by atoms with Crippen molar-refractivity contribution in [1.82, 2.24) is 19.9 Å². The first-order chi connectivity index (χ1) is 17.4. The van der Waals surface area contributed by atoms with Crippen molar-refractivity contribution < 1.29 is 27.1 Å². The van der Waals surface area contributed by atoms with Gasteiger partial charge in [0.15, 0.2) is 8.32 Å². The molecule has 0 unspecified atom stereocenters. The lowest BCUT2D eigenvalue weighted by atomic mass is 10.0. The Morgan fingerprint density at radius 1 is 1.14 bits per heavy atom. The summed E-state index contributed by atoms with van der Waals surface area (Å²) in [5.41, 5.74) is 0.480. The maximum atomic E-state index is 15.0. The number of carbonyl (C=O) groups is 1. The van der Waals surface area contributed by atoms with Crippen LogP contribution in [-0.2, 0) is 10.8 Å². The maximum Gasteiger partial charge on any atom is 0.341 e. The topological polar surface area (TPSA) is 80.2 Å². The molecule has 1 atom stereocenters. The van der Waals surface area contributed by atoms with Gasteiger partial charge in [0.1, 0.15) is 17.7 Å². The summed E-state index contributed by atoms with van der Waals surface area (Å²) in [7, 11) is -1.97. The summed E-state index contributed by atoms with van der Waals surface area (Å²) >= 11 is 0. The number of hydrogen-bond donors (Lipinski definition) is 0. The van der Waals surface area contributed by atoms with Crippen LogP contribution in [-0.4, -0.2) is 66.2 Å². The molecule has 1 aromatic heterocycles. The fourth-order valence-corrected chi connectivity index (χ4v) is 4.88. The van der Waals surface area contributed by atoms with Crippen molar-refractivity contribution in [3.63, 3.8) is 0 Å². The molecule has 8 nitrogen and oxygen atoms in total. The number of aromatic nitrogens is 2. The first-order valence-corrected chi connectivity index (χ1v) is 15.1. The second-order valence-corrected chi connectivity index (χ2v) is 15.6. The van der Waals surface area contributed by atoms with Gasteiger partial charge in [-0.25, -0.2) is 23.6 Å². The van der Waals surface area contributed by atoms with Crippen LogP contribution in [0.4, 0.5) is 18.0 Å². The van der Waals surface area contributed by atoms with Gasteiger partial charge in [-0.15, -0.1) is 0 Å². The quantitative estimate of drug-likeness (QED) is 0.474. The van der Waals surface area contributed by atoms with E-state index in [0.29, 0.717) is 18.6 Å². The first-order valence-electron chi connectivity index (χ1n) is 12.2. The van der Waals surface area contributed by atoms with Crippen LogP contribution in [0.1, 0.15) is 44.5 Å². The third kappa shape index (κ3) is 5.95. The Kier molecular flexibility index (Phi) is 7.61. The smallest absolute Gasteiger partial charge is 0.341 e. The summed E-state index contributed by atoms with van der Waals surface area (Å²) in [4.78, 5) is 22.1. The number of amides is 2. The molecular formula is C25H31F3N5O3Si. The summed E-state index contributed by atoms with van der Waals surface area (Å²) in [5.74, 6) is -2.33. The zero-order valence-corrected chi connectivity index (χ0v) is 22.6. The molecule has 1 fully saturated rings. The molecule has 12 heteroatoms. The monoisotopic (exact) mass is 534 g/mol. The summed E-state index contributed by atoms with van der Waals surface area (Å²) in [6.45, 7) is 11.3. The highest BCUT2D eigenvalue weighted by atomic mass is 28.4. The SMILES string of the molecule is CC(C)(C)[Si](C)(C)OCCc1n[c]nc(OC2CN(C(=O)N3N=CC[C@H]3c3cc(F)cc(F)c3)C2)c1F. The lowest BCUT2D eigenvalue weighted by Gasteiger charge is -2.40. The normalized spacial score (nSPS) is 18.3. The lowest BCUT2D eigenvalue weighted by Crippen LogP contribution is -2.59. The predicted octanol–water partition coefficient (Wildman–Crippen LogP) is 4.87. The zero-order chi connectivity index (χ0) is 27.0. The minimum Gasteiger partial charge on any atom is -0.468 e. The molecule has 0 spiro atoms. The molecule has 3 heterocycles. The van der Waals surface area contributed by atoms with Crippen molar-refractivity contribution in [3.8, 4) is 5.88 Å². The van der Waals surface area contributed by atoms with Crippen LogP contribution in [0, 0.1) is 23.8 Å². The predicted molar refractivity (Wildman–Crippen MR) is 133 cm³/mol. The minimum atomic E-state index is -1.97. The van der Waals surface area contributed by atoms with E-state index in [1.165, 1.54) is 28.3 Å². The largest absolute Gasteiger partial charge is 0.468 e. The Labute approximate surface area is 215 Å². The molecule has 4 rings (SSSR count). The number of ether oxygens (including phenoxy) is 1. The molecule has 1 radical (unpaired) electrons. The molecule has 199 valence electrons. The molecule has 2 aromatic rings. The number of hydrogen-bond acceptors (Lipinski definition) is 6. The van der Waals surface area contributed by atoms with Crippen molar-refractivity contribution in [1.29, 1.82) is 0 Å². The summed E-state index contributed by atoms with van der Waals surface area (Å²) in [5, 5.41) is 5.33. The molecule has 37 heavy (non-hydrogen) atoms. The number of halogens is 3. The van der Waals surface area contributed by atoms with Gasteiger partial charge in [-0.3, -0.25) is 0 Å². The van der Waals surface area contributed by atoms with Gasteiger partial charge in [0, 0.05) is 31.7 Å². The number of urea groups is 1. The van der Waals surface area contributed by atoms with Gasteiger partial charge in [-0.2, -0.15) is 14.5 Å². The molecule has 2 aliphatic rings. The zero-order valence-electron chi connectivity index (χ0n) is 21.6. The van der Waals surface area contributed by atoms with Gasteiger partial charge in [-0.05, 0) is 35.8 Å². The molecule has 0 bridgehead atoms.